The Balaban J connectivity index is 1.05. The van der Waals surface area contributed by atoms with Crippen molar-refractivity contribution in [2.45, 2.75) is 80.7 Å². The van der Waals surface area contributed by atoms with Gasteiger partial charge in [0.05, 0.1) is 19.5 Å². The van der Waals surface area contributed by atoms with Crippen molar-refractivity contribution in [2.75, 3.05) is 18.9 Å². The number of hydrogen-bond acceptors (Lipinski definition) is 17. The van der Waals surface area contributed by atoms with Gasteiger partial charge < -0.3 is 51.2 Å². The number of ketones is 1. The molecule has 51 heavy (non-hydrogen) atoms. The number of ether oxygens (including phenoxy) is 2. The van der Waals surface area contributed by atoms with Gasteiger partial charge in [-0.15, -0.1) is 0 Å². The first-order valence-corrected chi connectivity index (χ1v) is 18.6. The van der Waals surface area contributed by atoms with Crippen LogP contribution in [-0.4, -0.2) is 111 Å². The summed E-state index contributed by atoms with van der Waals surface area (Å²) >= 11 is 0. The van der Waals surface area contributed by atoms with Gasteiger partial charge in [0.2, 0.25) is 0 Å². The molecule has 11 atom stereocenters. The van der Waals surface area contributed by atoms with E-state index in [-0.39, 0.29) is 28.3 Å². The average Bonchev–Trinajstić information content (AvgIpc) is 3.72. The summed E-state index contributed by atoms with van der Waals surface area (Å²) in [5.74, 6) is -1.35. The molecule has 22 nitrogen and oxygen atoms in total. The van der Waals surface area contributed by atoms with E-state index in [1.54, 1.807) is 0 Å². The molecule has 3 aliphatic rings. The Morgan fingerprint density at radius 3 is 2.31 bits per heavy atom. The summed E-state index contributed by atoms with van der Waals surface area (Å²) in [5, 5.41) is 42.3. The van der Waals surface area contributed by atoms with Crippen LogP contribution in [-0.2, 0) is 36.8 Å². The molecule has 1 aliphatic carbocycles. The van der Waals surface area contributed by atoms with Gasteiger partial charge in [0.1, 0.15) is 53.7 Å². The summed E-state index contributed by atoms with van der Waals surface area (Å²) in [7, 11) is -10.8. The minimum absolute atomic E-state index is 0.00483. The Morgan fingerprint density at radius 2 is 1.65 bits per heavy atom. The molecule has 10 N–H and O–H groups in total. The van der Waals surface area contributed by atoms with Crippen LogP contribution in [0.1, 0.15) is 60.0 Å². The Labute approximate surface area is 287 Å². The molecule has 1 saturated carbocycles. The van der Waals surface area contributed by atoms with E-state index in [9.17, 15) is 48.9 Å². The highest BCUT2D eigenvalue weighted by atomic mass is 31.3. The lowest BCUT2D eigenvalue weighted by Crippen LogP contribution is -2.47. The molecule has 0 radical (unpaired) electrons. The number of rotatable bonds is 12. The molecular formula is C27H36N7O15P2+. The van der Waals surface area contributed by atoms with Gasteiger partial charge in [-0.05, 0) is 18.4 Å². The SMILES string of the molecule is NC(=O)c1c[n+]([C@@H]2O[C@H](COP(=O)(O)OP(=O)(O)OC[C@H]3O[C@@H](n4cnc5c(N)ncnc54)[C@H](O)[C@@H]3O)[C@@H](O)[C@H]2O)ccc1[C@@H]1CCCCC1=O. The predicted molar refractivity (Wildman–Crippen MR) is 166 cm³/mol. The number of primary amides is 1. The lowest BCUT2D eigenvalue weighted by Gasteiger charge is -2.22. The number of fused-ring (bicyclic) bond motifs is 1. The number of phosphoric acid groups is 2. The number of aliphatic hydroxyl groups is 4. The number of nitrogen functional groups attached to an aromatic ring is 1. The molecule has 0 bridgehead atoms. The number of anilines is 1. The van der Waals surface area contributed by atoms with Crippen LogP contribution in [0.2, 0.25) is 0 Å². The highest BCUT2D eigenvalue weighted by molar-refractivity contribution is 7.61. The number of hydrogen-bond donors (Lipinski definition) is 8. The van der Waals surface area contributed by atoms with Crippen molar-refractivity contribution >= 4 is 44.3 Å². The molecule has 6 rings (SSSR count). The van der Waals surface area contributed by atoms with Crippen LogP contribution in [0.25, 0.3) is 11.2 Å². The van der Waals surface area contributed by atoms with E-state index in [1.807, 2.05) is 0 Å². The number of imidazole rings is 1. The summed E-state index contributed by atoms with van der Waals surface area (Å²) in [4.78, 5) is 57.0. The molecule has 0 spiro atoms. The average molecular weight is 761 g/mol. The first kappa shape index (κ1) is 37.4. The third-order valence-electron chi connectivity index (χ3n) is 8.85. The summed E-state index contributed by atoms with van der Waals surface area (Å²) in [6.45, 7) is -1.85. The highest BCUT2D eigenvalue weighted by Crippen LogP contribution is 2.60. The van der Waals surface area contributed by atoms with Crippen molar-refractivity contribution in [3.8, 4) is 0 Å². The summed E-state index contributed by atoms with van der Waals surface area (Å²) in [6.07, 6.45) is -4.74. The van der Waals surface area contributed by atoms with Crippen molar-refractivity contribution in [2.24, 2.45) is 5.73 Å². The standard InChI is InChI=1S/C27H35N7O15P2/c28-23-18-25(31-10-30-23)34(11-32-18)27-22(39)20(37)17(48-27)9-46-51(43,44)49-50(41,42)45-8-16-19(36)21(38)26(47-16)33-6-5-12(14(7-33)24(29)40)13-3-1-2-4-15(13)35/h5-7,10-11,13,16-17,19-22,26-27,36-39H,1-4,8-9H2,(H5-,28,29,30,31,40,41,42,43,44)/p+1/t13-,16+,17+,19+,20+,21+,22+,26+,27+/m0/s1. The number of amides is 1. The van der Waals surface area contributed by atoms with Gasteiger partial charge in [0.25, 0.3) is 12.1 Å². The number of carbonyl (C=O) groups is 2. The Morgan fingerprint density at radius 1 is 0.980 bits per heavy atom. The fourth-order valence-corrected chi connectivity index (χ4v) is 8.37. The van der Waals surface area contributed by atoms with E-state index in [4.69, 9.17) is 30.0 Å². The molecule has 278 valence electrons. The lowest BCUT2D eigenvalue weighted by atomic mass is 9.81. The normalized spacial score (nSPS) is 32.2. The lowest BCUT2D eigenvalue weighted by molar-refractivity contribution is -0.765. The second kappa shape index (κ2) is 14.6. The molecule has 2 saturated heterocycles. The molecule has 3 aromatic rings. The fourth-order valence-electron chi connectivity index (χ4n) is 6.28. The van der Waals surface area contributed by atoms with Gasteiger partial charge in [-0.2, -0.15) is 8.88 Å². The van der Waals surface area contributed by atoms with Crippen LogP contribution in [0.5, 0.6) is 0 Å². The largest absolute Gasteiger partial charge is 0.481 e. The minimum atomic E-state index is -5.43. The predicted octanol–water partition coefficient (Wildman–Crippen LogP) is -1.79. The van der Waals surface area contributed by atoms with Crippen LogP contribution in [0.15, 0.2) is 31.1 Å². The van der Waals surface area contributed by atoms with Crippen LogP contribution in [0.4, 0.5) is 5.82 Å². The van der Waals surface area contributed by atoms with E-state index in [0.717, 1.165) is 19.2 Å². The van der Waals surface area contributed by atoms with Crippen molar-refractivity contribution in [3.05, 3.63) is 42.2 Å². The number of aromatic nitrogens is 5. The third-order valence-corrected chi connectivity index (χ3v) is 11.5. The van der Waals surface area contributed by atoms with Gasteiger partial charge >= 0.3 is 15.6 Å². The van der Waals surface area contributed by atoms with E-state index in [0.29, 0.717) is 18.4 Å². The fraction of sp³-hybridized carbons (Fsp3) is 0.556. The third kappa shape index (κ3) is 7.74. The van der Waals surface area contributed by atoms with Gasteiger partial charge in [0.15, 0.2) is 36.2 Å². The molecule has 3 aromatic heterocycles. The molecule has 5 heterocycles. The Bertz CT molecular complexity index is 1900. The number of nitrogens with zero attached hydrogens (tertiary/aromatic N) is 5. The summed E-state index contributed by atoms with van der Waals surface area (Å²) < 4.78 is 52.7. The number of pyridine rings is 1. The zero-order valence-electron chi connectivity index (χ0n) is 26.5. The molecule has 0 aromatic carbocycles. The maximum atomic E-state index is 12.6. The van der Waals surface area contributed by atoms with E-state index in [1.165, 1.54) is 33.9 Å². The second-order valence-corrected chi connectivity index (χ2v) is 15.2. The summed E-state index contributed by atoms with van der Waals surface area (Å²) in [5.41, 5.74) is 12.1. The Kier molecular flexibility index (Phi) is 10.7. The first-order valence-electron chi connectivity index (χ1n) is 15.6. The molecule has 1 amide bonds. The van der Waals surface area contributed by atoms with Crippen molar-refractivity contribution in [3.63, 3.8) is 0 Å². The van der Waals surface area contributed by atoms with E-state index >= 15 is 0 Å². The second-order valence-electron chi connectivity index (χ2n) is 12.2. The maximum Gasteiger partial charge on any atom is 0.481 e. The smallest absolute Gasteiger partial charge is 0.387 e. The first-order chi connectivity index (χ1) is 24.1. The van der Waals surface area contributed by atoms with Crippen molar-refractivity contribution in [1.82, 2.24) is 19.5 Å². The number of phosphoric ester groups is 2. The summed E-state index contributed by atoms with van der Waals surface area (Å²) in [6, 6.07) is 1.50. The topological polar surface area (TPSA) is 335 Å². The molecule has 2 unspecified atom stereocenters. The number of carbonyl (C=O) groups excluding carboxylic acids is 2. The van der Waals surface area contributed by atoms with E-state index < -0.39 is 89.8 Å². The maximum absolute atomic E-state index is 12.6. The van der Waals surface area contributed by atoms with Crippen LogP contribution in [0.3, 0.4) is 0 Å². The molecule has 3 fully saturated rings. The zero-order chi connectivity index (χ0) is 36.8. The van der Waals surface area contributed by atoms with Gasteiger partial charge in [-0.1, -0.05) is 6.42 Å². The number of aliphatic hydroxyl groups excluding tert-OH is 4. The highest BCUT2D eigenvalue weighted by Gasteiger charge is 2.50. The number of Topliss-reactive ketones (excluding diaryl/α,β-unsaturated/α-hetero) is 1. The minimum Gasteiger partial charge on any atom is -0.387 e. The monoisotopic (exact) mass is 760 g/mol. The van der Waals surface area contributed by atoms with Gasteiger partial charge in [0, 0.05) is 18.4 Å². The quantitative estimate of drug-likeness (QED) is 0.0746. The van der Waals surface area contributed by atoms with Crippen LogP contribution in [0, 0.1) is 0 Å². The Hall–Kier alpha value is -3.34. The van der Waals surface area contributed by atoms with Gasteiger partial charge in [-0.25, -0.2) is 24.1 Å². The van der Waals surface area contributed by atoms with Crippen LogP contribution < -0.4 is 16.0 Å². The van der Waals surface area contributed by atoms with Crippen LogP contribution >= 0.6 is 15.6 Å². The van der Waals surface area contributed by atoms with Crippen molar-refractivity contribution < 1.29 is 76.3 Å². The van der Waals surface area contributed by atoms with Crippen molar-refractivity contribution in [1.29, 1.82) is 0 Å². The zero-order valence-corrected chi connectivity index (χ0v) is 28.3. The molecule has 24 heteroatoms. The molecule has 2 aliphatic heterocycles. The molecular weight excluding hydrogens is 724 g/mol. The van der Waals surface area contributed by atoms with E-state index in [2.05, 4.69) is 19.3 Å². The van der Waals surface area contributed by atoms with Gasteiger partial charge in [-0.3, -0.25) is 23.2 Å². The number of nitrogens with two attached hydrogens (primary N) is 2.